The van der Waals surface area contributed by atoms with Gasteiger partial charge in [0.25, 0.3) is 0 Å². The Hall–Kier alpha value is -3.27. The normalized spacial score (nSPS) is 11.0. The van der Waals surface area contributed by atoms with Crippen LogP contribution in [0.5, 0.6) is 0 Å². The van der Waals surface area contributed by atoms with Gasteiger partial charge in [0.2, 0.25) is 11.9 Å². The molecule has 3 aromatic heterocycles. The van der Waals surface area contributed by atoms with Gasteiger partial charge >= 0.3 is 0 Å². The molecule has 10 heteroatoms. The van der Waals surface area contributed by atoms with Gasteiger partial charge in [-0.3, -0.25) is 10.1 Å². The van der Waals surface area contributed by atoms with Crippen molar-refractivity contribution >= 4 is 29.3 Å². The molecule has 0 spiro atoms. The third-order valence-corrected chi connectivity index (χ3v) is 4.49. The van der Waals surface area contributed by atoms with E-state index in [-0.39, 0.29) is 18.4 Å². The van der Waals surface area contributed by atoms with Gasteiger partial charge in [-0.15, -0.1) is 22.0 Å². The molecule has 0 saturated carbocycles. The van der Waals surface area contributed by atoms with Gasteiger partial charge in [0.15, 0.2) is 5.65 Å². The molecule has 0 aliphatic rings. The predicted octanol–water partition coefficient (Wildman–Crippen LogP) is 1.74. The molecule has 0 aliphatic carbocycles. The standard InChI is InChI=1S/C16H14N8OS/c1-26-13-5-3-2-4-12(13)11-6-7-14-18-16(20-24(14)8-11)19-15(25)9-23-10-17-21-22-23/h2-8,10H,9H2,1H3,(H,19,20,25). The monoisotopic (exact) mass is 366 g/mol. The fourth-order valence-corrected chi connectivity index (χ4v) is 3.16. The predicted molar refractivity (Wildman–Crippen MR) is 96.7 cm³/mol. The zero-order valence-corrected chi connectivity index (χ0v) is 14.6. The zero-order chi connectivity index (χ0) is 17.9. The van der Waals surface area contributed by atoms with E-state index in [9.17, 15) is 4.79 Å². The molecule has 0 radical (unpaired) electrons. The van der Waals surface area contributed by atoms with Crippen molar-refractivity contribution in [1.29, 1.82) is 0 Å². The number of tetrazole rings is 1. The summed E-state index contributed by atoms with van der Waals surface area (Å²) < 4.78 is 2.97. The van der Waals surface area contributed by atoms with Crippen LogP contribution in [-0.4, -0.2) is 47.0 Å². The third-order valence-electron chi connectivity index (χ3n) is 3.70. The van der Waals surface area contributed by atoms with E-state index in [1.165, 1.54) is 15.9 Å². The maximum absolute atomic E-state index is 12.0. The van der Waals surface area contributed by atoms with Crippen LogP contribution in [0, 0.1) is 0 Å². The fourth-order valence-electron chi connectivity index (χ4n) is 2.54. The molecule has 3 heterocycles. The lowest BCUT2D eigenvalue weighted by Crippen LogP contribution is -2.19. The first-order valence-electron chi connectivity index (χ1n) is 7.73. The first kappa shape index (κ1) is 16.2. The second-order valence-corrected chi connectivity index (χ2v) is 6.26. The van der Waals surface area contributed by atoms with Gasteiger partial charge in [-0.25, -0.2) is 9.20 Å². The highest BCUT2D eigenvalue weighted by Gasteiger charge is 2.11. The van der Waals surface area contributed by atoms with E-state index in [1.54, 1.807) is 16.3 Å². The number of benzene rings is 1. The number of pyridine rings is 1. The van der Waals surface area contributed by atoms with Gasteiger partial charge in [0.05, 0.1) is 0 Å². The number of carbonyl (C=O) groups excluding carboxylic acids is 1. The van der Waals surface area contributed by atoms with Gasteiger partial charge in [-0.05, 0) is 40.4 Å². The second-order valence-electron chi connectivity index (χ2n) is 5.41. The number of fused-ring (bicyclic) bond motifs is 1. The molecule has 0 unspecified atom stereocenters. The Balaban J connectivity index is 1.59. The minimum Gasteiger partial charge on any atom is -0.292 e. The smallest absolute Gasteiger partial charge is 0.249 e. The molecule has 0 aliphatic heterocycles. The van der Waals surface area contributed by atoms with Crippen LogP contribution in [0.4, 0.5) is 5.95 Å². The Labute approximate surface area is 152 Å². The molecule has 0 saturated heterocycles. The lowest BCUT2D eigenvalue weighted by Gasteiger charge is -2.07. The topological polar surface area (TPSA) is 103 Å². The number of amides is 1. The zero-order valence-electron chi connectivity index (χ0n) is 13.8. The third kappa shape index (κ3) is 3.26. The maximum atomic E-state index is 12.0. The first-order valence-corrected chi connectivity index (χ1v) is 8.96. The summed E-state index contributed by atoms with van der Waals surface area (Å²) in [6.07, 6.45) is 5.31. The second kappa shape index (κ2) is 6.92. The van der Waals surface area contributed by atoms with Crippen LogP contribution >= 0.6 is 11.8 Å². The summed E-state index contributed by atoms with van der Waals surface area (Å²) in [7, 11) is 0. The Bertz CT molecular complexity index is 1060. The van der Waals surface area contributed by atoms with Crippen molar-refractivity contribution in [3.05, 3.63) is 48.9 Å². The number of carbonyl (C=O) groups is 1. The summed E-state index contributed by atoms with van der Waals surface area (Å²) in [5.74, 6) is -0.0699. The fraction of sp³-hybridized carbons (Fsp3) is 0.125. The highest BCUT2D eigenvalue weighted by Crippen LogP contribution is 2.29. The van der Waals surface area contributed by atoms with Crippen LogP contribution < -0.4 is 5.32 Å². The Morgan fingerprint density at radius 1 is 1.23 bits per heavy atom. The quantitative estimate of drug-likeness (QED) is 0.537. The van der Waals surface area contributed by atoms with Crippen molar-refractivity contribution in [3.63, 3.8) is 0 Å². The average molecular weight is 366 g/mol. The van der Waals surface area contributed by atoms with Crippen molar-refractivity contribution in [2.24, 2.45) is 0 Å². The van der Waals surface area contributed by atoms with Crippen LogP contribution in [0.1, 0.15) is 0 Å². The molecule has 4 aromatic rings. The van der Waals surface area contributed by atoms with E-state index in [0.29, 0.717) is 5.65 Å². The summed E-state index contributed by atoms with van der Waals surface area (Å²) in [6, 6.07) is 12.0. The van der Waals surface area contributed by atoms with Crippen molar-refractivity contribution in [3.8, 4) is 11.1 Å². The molecule has 9 nitrogen and oxygen atoms in total. The van der Waals surface area contributed by atoms with Crippen molar-refractivity contribution in [2.75, 3.05) is 11.6 Å². The minimum absolute atomic E-state index is 0.00506. The number of nitrogens with zero attached hydrogens (tertiary/aromatic N) is 7. The lowest BCUT2D eigenvalue weighted by molar-refractivity contribution is -0.117. The number of hydrogen-bond donors (Lipinski definition) is 1. The summed E-state index contributed by atoms with van der Waals surface area (Å²) in [5.41, 5.74) is 2.80. The number of nitrogens with one attached hydrogen (secondary N) is 1. The summed E-state index contributed by atoms with van der Waals surface area (Å²) in [6.45, 7) is -0.00506. The van der Waals surface area contributed by atoms with Crippen LogP contribution in [-0.2, 0) is 11.3 Å². The Morgan fingerprint density at radius 3 is 2.92 bits per heavy atom. The van der Waals surface area contributed by atoms with Gasteiger partial charge in [-0.2, -0.15) is 4.98 Å². The van der Waals surface area contributed by atoms with Crippen molar-refractivity contribution in [2.45, 2.75) is 11.4 Å². The van der Waals surface area contributed by atoms with Crippen LogP contribution in [0.3, 0.4) is 0 Å². The van der Waals surface area contributed by atoms with Gasteiger partial charge in [-0.1, -0.05) is 18.2 Å². The van der Waals surface area contributed by atoms with E-state index in [1.807, 2.05) is 36.7 Å². The molecule has 4 rings (SSSR count). The van der Waals surface area contributed by atoms with E-state index < -0.39 is 0 Å². The van der Waals surface area contributed by atoms with Crippen LogP contribution in [0.25, 0.3) is 16.8 Å². The largest absolute Gasteiger partial charge is 0.292 e. The average Bonchev–Trinajstić information content (AvgIpc) is 3.29. The number of aromatic nitrogens is 7. The van der Waals surface area contributed by atoms with Crippen LogP contribution in [0.15, 0.2) is 53.8 Å². The number of anilines is 1. The molecule has 0 bridgehead atoms. The number of hydrogen-bond acceptors (Lipinski definition) is 7. The minimum atomic E-state index is -0.304. The molecule has 0 fully saturated rings. The molecular weight excluding hydrogens is 352 g/mol. The van der Waals surface area contributed by atoms with E-state index in [4.69, 9.17) is 0 Å². The molecular formula is C16H14N8OS. The number of thioether (sulfide) groups is 1. The van der Waals surface area contributed by atoms with E-state index in [2.05, 4.69) is 43.1 Å². The first-order chi connectivity index (χ1) is 12.7. The van der Waals surface area contributed by atoms with E-state index in [0.717, 1.165) is 11.1 Å². The van der Waals surface area contributed by atoms with Gasteiger partial charge in [0, 0.05) is 16.7 Å². The summed E-state index contributed by atoms with van der Waals surface area (Å²) >= 11 is 1.69. The lowest BCUT2D eigenvalue weighted by atomic mass is 10.1. The summed E-state index contributed by atoms with van der Waals surface area (Å²) in [4.78, 5) is 17.5. The van der Waals surface area contributed by atoms with Crippen LogP contribution in [0.2, 0.25) is 0 Å². The van der Waals surface area contributed by atoms with Crippen molar-refractivity contribution in [1.82, 2.24) is 34.8 Å². The number of rotatable bonds is 5. The Kier molecular flexibility index (Phi) is 4.32. The Morgan fingerprint density at radius 2 is 2.12 bits per heavy atom. The van der Waals surface area contributed by atoms with E-state index >= 15 is 0 Å². The molecule has 0 atom stereocenters. The molecule has 1 aromatic carbocycles. The highest BCUT2D eigenvalue weighted by atomic mass is 32.2. The SMILES string of the molecule is CSc1ccccc1-c1ccc2nc(NC(=O)Cn3cnnn3)nn2c1. The van der Waals surface area contributed by atoms with Crippen molar-refractivity contribution < 1.29 is 4.79 Å². The molecule has 130 valence electrons. The van der Waals surface area contributed by atoms with Gasteiger partial charge < -0.3 is 0 Å². The highest BCUT2D eigenvalue weighted by molar-refractivity contribution is 7.98. The molecule has 1 N–H and O–H groups in total. The van der Waals surface area contributed by atoms with Gasteiger partial charge in [0.1, 0.15) is 12.9 Å². The summed E-state index contributed by atoms with van der Waals surface area (Å²) in [5, 5.41) is 17.6. The maximum Gasteiger partial charge on any atom is 0.249 e. The molecule has 26 heavy (non-hydrogen) atoms. The molecule has 1 amide bonds.